The Bertz CT molecular complexity index is 3360. The predicted molar refractivity (Wildman–Crippen MR) is 234 cm³/mol. The fraction of sp³-hybridized carbons (Fsp3) is 0.0769. The van der Waals surface area contributed by atoms with E-state index in [1.807, 2.05) is 30.5 Å². The van der Waals surface area contributed by atoms with Gasteiger partial charge in [-0.25, -0.2) is 4.98 Å². The van der Waals surface area contributed by atoms with Crippen LogP contribution in [0.2, 0.25) is 0 Å². The number of ether oxygens (including phenoxy) is 1. The van der Waals surface area contributed by atoms with Crippen LogP contribution in [0.25, 0.3) is 83.1 Å². The van der Waals surface area contributed by atoms with Gasteiger partial charge in [-0.2, -0.15) is 0 Å². The van der Waals surface area contributed by atoms with Crippen LogP contribution in [0.5, 0.6) is 11.5 Å². The van der Waals surface area contributed by atoms with E-state index in [2.05, 4.69) is 186 Å². The molecule has 0 unspecified atom stereocenters. The minimum absolute atomic E-state index is 0.0113. The largest absolute Gasteiger partial charge is 0.458 e. The molecule has 4 aromatic heterocycles. The second kappa shape index (κ2) is 13.1. The molecule has 0 bridgehead atoms. The van der Waals surface area contributed by atoms with Gasteiger partial charge in [0.1, 0.15) is 28.5 Å². The Balaban J connectivity index is 1.04. The van der Waals surface area contributed by atoms with Crippen LogP contribution >= 0.6 is 0 Å². The van der Waals surface area contributed by atoms with Crippen molar-refractivity contribution in [3.63, 3.8) is 0 Å². The molecule has 0 saturated carbocycles. The van der Waals surface area contributed by atoms with Crippen molar-refractivity contribution >= 4 is 54.8 Å². The van der Waals surface area contributed by atoms with Crippen molar-refractivity contribution in [3.8, 4) is 39.8 Å². The van der Waals surface area contributed by atoms with E-state index in [9.17, 15) is 0 Å². The number of nitrogens with zero attached hydrogens (tertiary/aromatic N) is 4. The zero-order chi connectivity index (χ0) is 39.0. The van der Waals surface area contributed by atoms with Crippen molar-refractivity contribution in [2.75, 3.05) is 0 Å². The molecule has 6 heteroatoms. The standard InChI is InChI=1S/C52H38N4O2/c1-52(2,3)35-28-29-53-49(30-35)56-43-20-9-7-18-40(43)41-25-24-38(32-46(41)56)57-37-17-13-16-36(31-37)54-33-55(45-22-11-10-21-44(45)54)51-39(34-14-5-4-6-15-34)26-27-48-50(51)42-19-8-12-23-47(42)58-48/h4-32H,1-3H3. The van der Waals surface area contributed by atoms with Gasteiger partial charge in [0.25, 0.3) is 6.33 Å². The minimum atomic E-state index is -0.0113. The second-order valence-electron chi connectivity index (χ2n) is 15.8. The lowest BCUT2D eigenvalue weighted by molar-refractivity contribution is -0.570. The number of imidazole rings is 1. The average molecular weight is 751 g/mol. The predicted octanol–water partition coefficient (Wildman–Crippen LogP) is 12.9. The van der Waals surface area contributed by atoms with Gasteiger partial charge in [-0.05, 0) is 82.8 Å². The van der Waals surface area contributed by atoms with Gasteiger partial charge in [0.2, 0.25) is 0 Å². The Kier molecular flexibility index (Phi) is 7.63. The molecule has 0 amide bonds. The van der Waals surface area contributed by atoms with Gasteiger partial charge in [-0.1, -0.05) is 124 Å². The van der Waals surface area contributed by atoms with Crippen LogP contribution in [0.3, 0.4) is 0 Å². The number of hydrogen-bond acceptors (Lipinski definition) is 3. The first kappa shape index (κ1) is 33.9. The van der Waals surface area contributed by atoms with E-state index in [1.54, 1.807) is 0 Å². The highest BCUT2D eigenvalue weighted by atomic mass is 16.5. The number of para-hydroxylation sites is 4. The van der Waals surface area contributed by atoms with E-state index in [0.29, 0.717) is 0 Å². The summed E-state index contributed by atoms with van der Waals surface area (Å²) in [6, 6.07) is 58.8. The van der Waals surface area contributed by atoms with Gasteiger partial charge in [0.05, 0.1) is 33.4 Å². The third kappa shape index (κ3) is 5.48. The molecule has 7 aromatic carbocycles. The van der Waals surface area contributed by atoms with Crippen molar-refractivity contribution in [2.24, 2.45) is 0 Å². The fourth-order valence-electron chi connectivity index (χ4n) is 8.39. The summed E-state index contributed by atoms with van der Waals surface area (Å²) in [6.07, 6.45) is 5.69. The first-order valence-electron chi connectivity index (χ1n) is 19.6. The Morgan fingerprint density at radius 1 is 0.603 bits per heavy atom. The lowest BCUT2D eigenvalue weighted by atomic mass is 9.88. The van der Waals surface area contributed by atoms with E-state index in [-0.39, 0.29) is 5.41 Å². The molecular formula is C52H38N4O2. The number of fused-ring (bicyclic) bond motifs is 7. The van der Waals surface area contributed by atoms with Gasteiger partial charge in [0.15, 0.2) is 0 Å². The van der Waals surface area contributed by atoms with Crippen molar-refractivity contribution in [3.05, 3.63) is 188 Å². The summed E-state index contributed by atoms with van der Waals surface area (Å²) in [5.41, 5.74) is 11.2. The van der Waals surface area contributed by atoms with Crippen LogP contribution in [0.4, 0.5) is 0 Å². The summed E-state index contributed by atoms with van der Waals surface area (Å²) in [5, 5.41) is 4.43. The summed E-state index contributed by atoms with van der Waals surface area (Å²) in [4.78, 5) is 4.86. The number of aromatic nitrogens is 4. The van der Waals surface area contributed by atoms with Gasteiger partial charge in [0, 0.05) is 33.8 Å². The molecule has 0 N–H and O–H groups in total. The maximum Gasteiger partial charge on any atom is 0.269 e. The van der Waals surface area contributed by atoms with E-state index >= 15 is 0 Å². The monoisotopic (exact) mass is 750 g/mol. The van der Waals surface area contributed by atoms with Crippen molar-refractivity contribution in [1.82, 2.24) is 14.1 Å². The number of pyridine rings is 1. The lowest BCUT2D eigenvalue weighted by Crippen LogP contribution is -2.30. The molecule has 0 radical (unpaired) electrons. The summed E-state index contributed by atoms with van der Waals surface area (Å²) >= 11 is 0. The van der Waals surface area contributed by atoms with Crippen LogP contribution in [0.15, 0.2) is 180 Å². The SMILES string of the molecule is CC(C)(C)c1ccnc(-n2c3ccccc3c3ccc(Oc4cccc(-n5[c-][n+](-c6c(-c7ccccc7)ccc7oc8ccccc8c67)c6ccccc65)c4)cc32)c1. The van der Waals surface area contributed by atoms with Crippen molar-refractivity contribution in [1.29, 1.82) is 0 Å². The third-order valence-electron chi connectivity index (χ3n) is 11.2. The highest BCUT2D eigenvalue weighted by Crippen LogP contribution is 2.39. The van der Waals surface area contributed by atoms with Gasteiger partial charge in [-0.3, -0.25) is 13.7 Å². The second-order valence-corrected chi connectivity index (χ2v) is 15.8. The molecule has 0 saturated heterocycles. The number of rotatable bonds is 6. The van der Waals surface area contributed by atoms with Crippen LogP contribution in [-0.4, -0.2) is 14.1 Å². The smallest absolute Gasteiger partial charge is 0.269 e. The van der Waals surface area contributed by atoms with E-state index in [0.717, 1.165) is 89.2 Å². The van der Waals surface area contributed by atoms with E-state index < -0.39 is 0 Å². The highest BCUT2D eigenvalue weighted by molar-refractivity contribution is 6.11. The fourth-order valence-corrected chi connectivity index (χ4v) is 8.39. The Hall–Kier alpha value is -7.44. The molecule has 0 aliphatic heterocycles. The normalized spacial score (nSPS) is 12.1. The maximum atomic E-state index is 6.71. The molecule has 278 valence electrons. The maximum absolute atomic E-state index is 6.71. The zero-order valence-corrected chi connectivity index (χ0v) is 32.3. The topological polar surface area (TPSA) is 49.0 Å². The van der Waals surface area contributed by atoms with Gasteiger partial charge >= 0.3 is 0 Å². The molecule has 0 atom stereocenters. The molecule has 0 fully saturated rings. The average Bonchev–Trinajstić information content (AvgIpc) is 3.93. The summed E-state index contributed by atoms with van der Waals surface area (Å²) in [7, 11) is 0. The number of hydrogen-bond donors (Lipinski definition) is 0. The molecule has 0 aliphatic rings. The summed E-state index contributed by atoms with van der Waals surface area (Å²) in [6.45, 7) is 6.69. The van der Waals surface area contributed by atoms with E-state index in [4.69, 9.17) is 14.1 Å². The first-order valence-corrected chi connectivity index (χ1v) is 19.6. The molecule has 4 heterocycles. The molecule has 11 rings (SSSR count). The van der Waals surface area contributed by atoms with Crippen LogP contribution in [-0.2, 0) is 5.41 Å². The molecule has 58 heavy (non-hydrogen) atoms. The van der Waals surface area contributed by atoms with Crippen LogP contribution < -0.4 is 9.30 Å². The first-order chi connectivity index (χ1) is 28.4. The molecule has 0 aliphatic carbocycles. The lowest BCUT2D eigenvalue weighted by Gasteiger charge is -2.20. The third-order valence-corrected chi connectivity index (χ3v) is 11.2. The molecule has 0 spiro atoms. The Morgan fingerprint density at radius 2 is 1.34 bits per heavy atom. The number of furan rings is 1. The van der Waals surface area contributed by atoms with E-state index in [1.165, 1.54) is 10.9 Å². The summed E-state index contributed by atoms with van der Waals surface area (Å²) in [5.74, 6) is 2.34. The van der Waals surface area contributed by atoms with Gasteiger partial charge in [-0.15, -0.1) is 0 Å². The minimum Gasteiger partial charge on any atom is -0.458 e. The van der Waals surface area contributed by atoms with Crippen LogP contribution in [0, 0.1) is 6.33 Å². The Morgan fingerprint density at radius 3 is 2.21 bits per heavy atom. The summed E-state index contributed by atoms with van der Waals surface area (Å²) < 4.78 is 19.7. The van der Waals surface area contributed by atoms with Crippen molar-refractivity contribution in [2.45, 2.75) is 26.2 Å². The number of benzene rings is 7. The van der Waals surface area contributed by atoms with Gasteiger partial charge < -0.3 is 9.15 Å². The highest BCUT2D eigenvalue weighted by Gasteiger charge is 2.22. The quantitative estimate of drug-likeness (QED) is 0.126. The van der Waals surface area contributed by atoms with Crippen molar-refractivity contribution < 1.29 is 13.7 Å². The molecular weight excluding hydrogens is 713 g/mol. The molecule has 6 nitrogen and oxygen atoms in total. The zero-order valence-electron chi connectivity index (χ0n) is 32.3. The Labute approximate surface area is 335 Å². The molecule has 11 aromatic rings. The van der Waals surface area contributed by atoms with Crippen LogP contribution in [0.1, 0.15) is 26.3 Å².